The van der Waals surface area contributed by atoms with Crippen molar-refractivity contribution in [3.8, 4) is 5.75 Å². The third-order valence-electron chi connectivity index (χ3n) is 6.61. The fourth-order valence-electron chi connectivity index (χ4n) is 4.66. The topological polar surface area (TPSA) is 58.6 Å². The van der Waals surface area contributed by atoms with Gasteiger partial charge in [-0.25, -0.2) is 4.39 Å². The molecule has 3 aromatic carbocycles. The molecule has 1 aliphatic rings. The Morgan fingerprint density at radius 3 is 2.14 bits per heavy atom. The van der Waals surface area contributed by atoms with Crippen LogP contribution < -0.4 is 10.1 Å². The first-order valence-electron chi connectivity index (χ1n) is 12.6. The van der Waals surface area contributed by atoms with Crippen LogP contribution in [-0.2, 0) is 22.6 Å². The van der Waals surface area contributed by atoms with E-state index in [0.29, 0.717) is 6.42 Å². The first kappa shape index (κ1) is 25.4. The lowest BCUT2D eigenvalue weighted by atomic mass is 9.94. The fourth-order valence-corrected chi connectivity index (χ4v) is 4.66. The van der Waals surface area contributed by atoms with Gasteiger partial charge in [0.2, 0.25) is 5.91 Å². The molecular weight excluding hydrogens is 455 g/mol. The van der Waals surface area contributed by atoms with Crippen LogP contribution in [0.4, 0.5) is 4.39 Å². The van der Waals surface area contributed by atoms with E-state index < -0.39 is 11.9 Å². The number of carbonyl (C=O) groups is 2. The van der Waals surface area contributed by atoms with Crippen molar-refractivity contribution < 1.29 is 18.7 Å². The third kappa shape index (κ3) is 7.17. The molecule has 1 N–H and O–H groups in total. The van der Waals surface area contributed by atoms with E-state index in [2.05, 4.69) is 5.32 Å². The van der Waals surface area contributed by atoms with E-state index >= 15 is 0 Å². The number of nitrogens with one attached hydrogen (secondary N) is 1. The highest BCUT2D eigenvalue weighted by Gasteiger charge is 2.32. The van der Waals surface area contributed by atoms with Gasteiger partial charge in [0, 0.05) is 19.0 Å². The maximum atomic E-state index is 14.1. The van der Waals surface area contributed by atoms with Crippen molar-refractivity contribution in [1.29, 1.82) is 0 Å². The molecule has 0 unspecified atom stereocenters. The highest BCUT2D eigenvalue weighted by Crippen LogP contribution is 2.21. The van der Waals surface area contributed by atoms with E-state index in [1.165, 1.54) is 18.6 Å². The van der Waals surface area contributed by atoms with Crippen molar-refractivity contribution >= 4 is 11.8 Å². The number of ether oxygens (including phenoxy) is 1. The number of halogens is 1. The van der Waals surface area contributed by atoms with Crippen LogP contribution in [0.3, 0.4) is 0 Å². The van der Waals surface area contributed by atoms with Gasteiger partial charge in [-0.05, 0) is 36.1 Å². The van der Waals surface area contributed by atoms with Crippen LogP contribution >= 0.6 is 0 Å². The summed E-state index contributed by atoms with van der Waals surface area (Å²) in [5, 5.41) is 3.21. The van der Waals surface area contributed by atoms with Gasteiger partial charge in [-0.15, -0.1) is 0 Å². The Morgan fingerprint density at radius 2 is 1.47 bits per heavy atom. The molecule has 0 aromatic heterocycles. The number of amides is 2. The van der Waals surface area contributed by atoms with Crippen molar-refractivity contribution in [1.82, 2.24) is 10.2 Å². The number of nitrogens with zero attached hydrogens (tertiary/aromatic N) is 1. The minimum Gasteiger partial charge on any atom is -0.481 e. The van der Waals surface area contributed by atoms with Crippen molar-refractivity contribution in [2.24, 2.45) is 0 Å². The Hall–Kier alpha value is -3.67. The van der Waals surface area contributed by atoms with Crippen LogP contribution in [0.2, 0.25) is 0 Å². The first-order valence-corrected chi connectivity index (χ1v) is 12.6. The normalized spacial score (nSPS) is 14.6. The molecule has 3 aromatic rings. The average Bonchev–Trinajstić information content (AvgIpc) is 2.91. The van der Waals surface area contributed by atoms with Crippen LogP contribution in [0.1, 0.15) is 43.2 Å². The molecule has 0 radical (unpaired) electrons. The van der Waals surface area contributed by atoms with Gasteiger partial charge in [-0.1, -0.05) is 92.1 Å². The van der Waals surface area contributed by atoms with Gasteiger partial charge in [-0.3, -0.25) is 9.59 Å². The Morgan fingerprint density at radius 1 is 0.861 bits per heavy atom. The molecule has 0 saturated heterocycles. The summed E-state index contributed by atoms with van der Waals surface area (Å²) in [5.41, 5.74) is 1.86. The first-order chi connectivity index (χ1) is 17.6. The Kier molecular flexibility index (Phi) is 9.09. The standard InChI is InChI=1S/C30H33FN2O3/c31-26-18-10-11-19-28(26)36-22-29(34)33(21-24-14-6-2-7-15-24)27(20-23-12-4-1-5-13-23)30(35)32-25-16-8-3-9-17-25/h1-2,4-7,10-15,18-19,25,27H,3,8-9,16-17,20-22H2,(H,32,35)/t27-/m1/s1. The van der Waals surface area contributed by atoms with Crippen LogP contribution in [0.15, 0.2) is 84.9 Å². The maximum Gasteiger partial charge on any atom is 0.261 e. The molecule has 36 heavy (non-hydrogen) atoms. The predicted octanol–water partition coefficient (Wildman–Crippen LogP) is 5.29. The van der Waals surface area contributed by atoms with Crippen LogP contribution in [0.25, 0.3) is 0 Å². The zero-order valence-electron chi connectivity index (χ0n) is 20.4. The van der Waals surface area contributed by atoms with Crippen molar-refractivity contribution in [3.63, 3.8) is 0 Å². The minimum atomic E-state index is -0.730. The summed E-state index contributed by atoms with van der Waals surface area (Å²) in [7, 11) is 0. The summed E-state index contributed by atoms with van der Waals surface area (Å²) in [4.78, 5) is 28.8. The molecule has 1 fully saturated rings. The van der Waals surface area contributed by atoms with Gasteiger partial charge in [-0.2, -0.15) is 0 Å². The smallest absolute Gasteiger partial charge is 0.261 e. The molecule has 4 rings (SSSR count). The molecule has 1 saturated carbocycles. The van der Waals surface area contributed by atoms with Gasteiger partial charge in [0.1, 0.15) is 6.04 Å². The van der Waals surface area contributed by atoms with Crippen LogP contribution in [0, 0.1) is 5.82 Å². The largest absolute Gasteiger partial charge is 0.481 e. The number of hydrogen-bond acceptors (Lipinski definition) is 3. The molecule has 5 nitrogen and oxygen atoms in total. The summed E-state index contributed by atoms with van der Waals surface area (Å²) in [6.07, 6.45) is 5.65. The lowest BCUT2D eigenvalue weighted by molar-refractivity contribution is -0.143. The van der Waals surface area contributed by atoms with E-state index in [1.807, 2.05) is 60.7 Å². The highest BCUT2D eigenvalue weighted by molar-refractivity contribution is 5.88. The fraction of sp³-hybridized carbons (Fsp3) is 0.333. The SMILES string of the molecule is O=C(NC1CCCCC1)[C@@H](Cc1ccccc1)N(Cc1ccccc1)C(=O)COc1ccccc1F. The summed E-state index contributed by atoms with van der Waals surface area (Å²) >= 11 is 0. The van der Waals surface area contributed by atoms with Crippen molar-refractivity contribution in [2.45, 2.75) is 57.2 Å². The Bertz CT molecular complexity index is 1120. The molecule has 0 aliphatic heterocycles. The summed E-state index contributed by atoms with van der Waals surface area (Å²) in [6, 6.07) is 24.7. The molecule has 6 heteroatoms. The summed E-state index contributed by atoms with van der Waals surface area (Å²) in [5.74, 6) is -1.06. The second-order valence-electron chi connectivity index (χ2n) is 9.28. The Balaban J connectivity index is 1.59. The summed E-state index contributed by atoms with van der Waals surface area (Å²) in [6.45, 7) is -0.119. The van der Waals surface area contributed by atoms with Gasteiger partial charge >= 0.3 is 0 Å². The van der Waals surface area contributed by atoms with E-state index in [9.17, 15) is 14.0 Å². The second-order valence-corrected chi connectivity index (χ2v) is 9.28. The molecule has 1 aliphatic carbocycles. The highest BCUT2D eigenvalue weighted by atomic mass is 19.1. The number of para-hydroxylation sites is 1. The molecule has 188 valence electrons. The zero-order chi connectivity index (χ0) is 25.2. The van der Waals surface area contributed by atoms with E-state index in [1.54, 1.807) is 17.0 Å². The van der Waals surface area contributed by atoms with E-state index in [0.717, 1.165) is 36.8 Å². The zero-order valence-corrected chi connectivity index (χ0v) is 20.4. The number of rotatable bonds is 10. The lowest BCUT2D eigenvalue weighted by Gasteiger charge is -2.33. The minimum absolute atomic E-state index is 0.0109. The average molecular weight is 489 g/mol. The van der Waals surface area contributed by atoms with Crippen LogP contribution in [-0.4, -0.2) is 35.4 Å². The molecule has 1 atom stereocenters. The van der Waals surface area contributed by atoms with Crippen molar-refractivity contribution in [2.75, 3.05) is 6.61 Å². The second kappa shape index (κ2) is 12.9. The number of carbonyl (C=O) groups excluding carboxylic acids is 2. The molecule has 2 amide bonds. The van der Waals surface area contributed by atoms with Gasteiger partial charge in [0.15, 0.2) is 18.2 Å². The third-order valence-corrected chi connectivity index (χ3v) is 6.61. The number of hydrogen-bond donors (Lipinski definition) is 1. The predicted molar refractivity (Wildman–Crippen MR) is 138 cm³/mol. The molecule has 0 heterocycles. The van der Waals surface area contributed by atoms with E-state index in [-0.39, 0.29) is 36.8 Å². The Labute approximate surface area is 212 Å². The quantitative estimate of drug-likeness (QED) is 0.422. The molecule has 0 bridgehead atoms. The van der Waals surface area contributed by atoms with E-state index in [4.69, 9.17) is 4.74 Å². The van der Waals surface area contributed by atoms with Gasteiger partial charge in [0.05, 0.1) is 0 Å². The lowest BCUT2D eigenvalue weighted by Crippen LogP contribution is -2.53. The summed E-state index contributed by atoms with van der Waals surface area (Å²) < 4.78 is 19.7. The molecule has 0 spiro atoms. The van der Waals surface area contributed by atoms with Gasteiger partial charge < -0.3 is 15.0 Å². The maximum absolute atomic E-state index is 14.1. The number of benzene rings is 3. The van der Waals surface area contributed by atoms with Gasteiger partial charge in [0.25, 0.3) is 5.91 Å². The van der Waals surface area contributed by atoms with Crippen LogP contribution in [0.5, 0.6) is 5.75 Å². The monoisotopic (exact) mass is 488 g/mol. The molecular formula is C30H33FN2O3. The van der Waals surface area contributed by atoms with Crippen molar-refractivity contribution in [3.05, 3.63) is 102 Å².